The van der Waals surface area contributed by atoms with Crippen LogP contribution in [0.1, 0.15) is 29.6 Å². The number of carbonyl (C=O) groups is 1. The predicted molar refractivity (Wildman–Crippen MR) is 87.6 cm³/mol. The van der Waals surface area contributed by atoms with E-state index in [1.165, 1.54) is 6.42 Å². The highest BCUT2D eigenvalue weighted by Crippen LogP contribution is 2.24. The van der Waals surface area contributed by atoms with Crippen LogP contribution in [-0.2, 0) is 0 Å². The first kappa shape index (κ1) is 14.4. The molecular weight excluding hydrogens is 276 g/mol. The number of amides is 1. The van der Waals surface area contributed by atoms with Crippen molar-refractivity contribution in [3.05, 3.63) is 54.1 Å². The van der Waals surface area contributed by atoms with Gasteiger partial charge in [0.1, 0.15) is 5.75 Å². The number of anilines is 2. The van der Waals surface area contributed by atoms with Crippen LogP contribution >= 0.6 is 0 Å². The van der Waals surface area contributed by atoms with Crippen LogP contribution in [0.2, 0.25) is 0 Å². The van der Waals surface area contributed by atoms with Crippen molar-refractivity contribution in [2.75, 3.05) is 18.4 Å². The number of carbonyl (C=O) groups excluding carboxylic acids is 1. The Balaban J connectivity index is 1.82. The molecule has 2 aromatic carbocycles. The van der Waals surface area contributed by atoms with Gasteiger partial charge >= 0.3 is 0 Å². The number of piperidine rings is 1. The predicted octanol–water partition coefficient (Wildman–Crippen LogP) is 3.76. The number of hydrogen-bond acceptors (Lipinski definition) is 3. The zero-order chi connectivity index (χ0) is 15.4. The molecule has 1 aliphatic heterocycles. The van der Waals surface area contributed by atoms with Gasteiger partial charge in [0.05, 0.1) is 11.3 Å². The van der Waals surface area contributed by atoms with Gasteiger partial charge in [0.15, 0.2) is 0 Å². The molecule has 1 amide bonds. The van der Waals surface area contributed by atoms with E-state index < -0.39 is 0 Å². The Labute approximate surface area is 130 Å². The number of phenolic OH excluding ortho intramolecular Hbond substituents is 1. The summed E-state index contributed by atoms with van der Waals surface area (Å²) in [6.45, 7) is 1.68. The summed E-state index contributed by atoms with van der Waals surface area (Å²) in [7, 11) is 0. The zero-order valence-corrected chi connectivity index (χ0v) is 12.5. The summed E-state index contributed by atoms with van der Waals surface area (Å²) in [5.74, 6) is 0.310. The summed E-state index contributed by atoms with van der Waals surface area (Å²) in [6, 6.07) is 14.4. The second kappa shape index (κ2) is 6.52. The van der Waals surface area contributed by atoms with Crippen molar-refractivity contribution >= 4 is 17.3 Å². The largest absolute Gasteiger partial charge is 0.508 e. The molecule has 0 aromatic heterocycles. The summed E-state index contributed by atoms with van der Waals surface area (Å²) in [4.78, 5) is 14.6. The maximum atomic E-state index is 12.7. The Kier molecular flexibility index (Phi) is 4.28. The van der Waals surface area contributed by atoms with Crippen molar-refractivity contribution in [3.8, 4) is 5.75 Å². The lowest BCUT2D eigenvalue weighted by Gasteiger charge is -2.27. The van der Waals surface area contributed by atoms with Crippen LogP contribution in [-0.4, -0.2) is 29.0 Å². The van der Waals surface area contributed by atoms with Crippen molar-refractivity contribution in [3.63, 3.8) is 0 Å². The smallest absolute Gasteiger partial charge is 0.255 e. The number of hydrogen-bond donors (Lipinski definition) is 2. The van der Waals surface area contributed by atoms with Crippen LogP contribution in [0, 0.1) is 0 Å². The SMILES string of the molecule is O=C(c1ccccc1Nc1ccc(O)cc1)N1CCCCC1. The van der Waals surface area contributed by atoms with Gasteiger partial charge in [-0.3, -0.25) is 4.79 Å². The Bertz CT molecular complexity index is 646. The van der Waals surface area contributed by atoms with Crippen LogP contribution < -0.4 is 5.32 Å². The molecule has 0 spiro atoms. The fraction of sp³-hybridized carbons (Fsp3) is 0.278. The van der Waals surface area contributed by atoms with E-state index in [9.17, 15) is 9.90 Å². The number of rotatable bonds is 3. The lowest BCUT2D eigenvalue weighted by atomic mass is 10.1. The molecule has 2 aromatic rings. The molecule has 2 N–H and O–H groups in total. The standard InChI is InChI=1S/C18H20N2O2/c21-15-10-8-14(9-11-15)19-17-7-3-2-6-16(17)18(22)20-12-4-1-5-13-20/h2-3,6-11,19,21H,1,4-5,12-13H2. The van der Waals surface area contributed by atoms with Crippen LogP contribution in [0.25, 0.3) is 0 Å². The quantitative estimate of drug-likeness (QED) is 0.848. The van der Waals surface area contributed by atoms with Gasteiger partial charge in [0.25, 0.3) is 5.91 Å². The molecule has 22 heavy (non-hydrogen) atoms. The summed E-state index contributed by atoms with van der Waals surface area (Å²) < 4.78 is 0. The molecule has 1 saturated heterocycles. The van der Waals surface area contributed by atoms with Crippen LogP contribution in [0.15, 0.2) is 48.5 Å². The summed E-state index contributed by atoms with van der Waals surface area (Å²) in [6.07, 6.45) is 3.37. The molecule has 1 aliphatic rings. The van der Waals surface area contributed by atoms with E-state index in [1.54, 1.807) is 24.3 Å². The third kappa shape index (κ3) is 3.22. The number of phenols is 1. The Morgan fingerprint density at radius 2 is 1.64 bits per heavy atom. The highest BCUT2D eigenvalue weighted by atomic mass is 16.3. The van der Waals surface area contributed by atoms with E-state index in [-0.39, 0.29) is 11.7 Å². The van der Waals surface area contributed by atoms with Crippen molar-refractivity contribution in [2.24, 2.45) is 0 Å². The van der Waals surface area contributed by atoms with Gasteiger partial charge in [-0.25, -0.2) is 0 Å². The molecule has 0 saturated carbocycles. The Morgan fingerprint density at radius 1 is 0.955 bits per heavy atom. The number of para-hydroxylation sites is 1. The van der Waals surface area contributed by atoms with E-state index in [4.69, 9.17) is 0 Å². The summed E-state index contributed by atoms with van der Waals surface area (Å²) in [5, 5.41) is 12.6. The number of likely N-dealkylation sites (tertiary alicyclic amines) is 1. The van der Waals surface area contributed by atoms with Gasteiger partial charge in [-0.05, 0) is 55.7 Å². The van der Waals surface area contributed by atoms with Crippen LogP contribution in [0.5, 0.6) is 5.75 Å². The van der Waals surface area contributed by atoms with E-state index in [1.807, 2.05) is 29.2 Å². The molecule has 114 valence electrons. The average Bonchev–Trinajstić information content (AvgIpc) is 2.58. The minimum atomic E-state index is 0.0848. The Hall–Kier alpha value is -2.49. The van der Waals surface area contributed by atoms with E-state index in [0.717, 1.165) is 37.3 Å². The van der Waals surface area contributed by atoms with Gasteiger partial charge in [-0.15, -0.1) is 0 Å². The van der Waals surface area contributed by atoms with Gasteiger partial charge in [-0.2, -0.15) is 0 Å². The van der Waals surface area contributed by atoms with Gasteiger partial charge < -0.3 is 15.3 Å². The molecule has 4 heteroatoms. The maximum absolute atomic E-state index is 12.7. The minimum Gasteiger partial charge on any atom is -0.508 e. The third-order valence-electron chi connectivity index (χ3n) is 3.95. The molecule has 0 bridgehead atoms. The number of nitrogens with one attached hydrogen (secondary N) is 1. The fourth-order valence-electron chi connectivity index (χ4n) is 2.75. The lowest BCUT2D eigenvalue weighted by molar-refractivity contribution is 0.0725. The third-order valence-corrected chi connectivity index (χ3v) is 3.95. The molecule has 0 atom stereocenters. The first-order valence-corrected chi connectivity index (χ1v) is 7.68. The van der Waals surface area contributed by atoms with Crippen molar-refractivity contribution in [2.45, 2.75) is 19.3 Å². The molecule has 3 rings (SSSR count). The minimum absolute atomic E-state index is 0.0848. The lowest BCUT2D eigenvalue weighted by Crippen LogP contribution is -2.35. The van der Waals surface area contributed by atoms with Crippen LogP contribution in [0.4, 0.5) is 11.4 Å². The van der Waals surface area contributed by atoms with E-state index >= 15 is 0 Å². The molecular formula is C18H20N2O2. The fourth-order valence-corrected chi connectivity index (χ4v) is 2.75. The number of benzene rings is 2. The van der Waals surface area contributed by atoms with Gasteiger partial charge in [-0.1, -0.05) is 12.1 Å². The number of nitrogens with zero attached hydrogens (tertiary/aromatic N) is 1. The van der Waals surface area contributed by atoms with Crippen LogP contribution in [0.3, 0.4) is 0 Å². The topological polar surface area (TPSA) is 52.6 Å². The second-order valence-electron chi connectivity index (χ2n) is 5.57. The average molecular weight is 296 g/mol. The summed E-state index contributed by atoms with van der Waals surface area (Å²) >= 11 is 0. The molecule has 4 nitrogen and oxygen atoms in total. The molecule has 1 heterocycles. The second-order valence-corrected chi connectivity index (χ2v) is 5.57. The van der Waals surface area contributed by atoms with Crippen molar-refractivity contribution in [1.82, 2.24) is 4.90 Å². The normalized spacial score (nSPS) is 14.6. The first-order chi connectivity index (χ1) is 10.7. The van der Waals surface area contributed by atoms with E-state index in [2.05, 4.69) is 5.32 Å². The molecule has 1 fully saturated rings. The molecule has 0 radical (unpaired) electrons. The summed E-state index contributed by atoms with van der Waals surface area (Å²) in [5.41, 5.74) is 2.33. The highest BCUT2D eigenvalue weighted by Gasteiger charge is 2.20. The van der Waals surface area contributed by atoms with E-state index in [0.29, 0.717) is 5.56 Å². The van der Waals surface area contributed by atoms with Gasteiger partial charge in [0, 0.05) is 18.8 Å². The molecule has 0 unspecified atom stereocenters. The Morgan fingerprint density at radius 3 is 2.36 bits per heavy atom. The first-order valence-electron chi connectivity index (χ1n) is 7.68. The van der Waals surface area contributed by atoms with Crippen molar-refractivity contribution < 1.29 is 9.90 Å². The zero-order valence-electron chi connectivity index (χ0n) is 12.5. The monoisotopic (exact) mass is 296 g/mol. The molecule has 0 aliphatic carbocycles. The highest BCUT2D eigenvalue weighted by molar-refractivity contribution is 6.00. The van der Waals surface area contributed by atoms with Gasteiger partial charge in [0.2, 0.25) is 0 Å². The number of aromatic hydroxyl groups is 1. The maximum Gasteiger partial charge on any atom is 0.255 e. The van der Waals surface area contributed by atoms with Crippen molar-refractivity contribution in [1.29, 1.82) is 0 Å².